The molecule has 1 aromatic carbocycles. The van der Waals surface area contributed by atoms with Crippen LogP contribution < -0.4 is 4.74 Å². The van der Waals surface area contributed by atoms with E-state index in [9.17, 15) is 4.79 Å². The number of fused-ring (bicyclic) bond motifs is 3. The quantitative estimate of drug-likeness (QED) is 0.499. The monoisotopic (exact) mass is 345 g/mol. The van der Waals surface area contributed by atoms with Crippen molar-refractivity contribution in [1.29, 1.82) is 0 Å². The standard InChI is InChI=1S/C22H19NO3/c1-14-20-17-7-5-4-6-8-18(17)21(22(24)26-3)19(20)13-23(14)15-9-11-16(25-2)12-10-15/h4-13H,1-3H3. The van der Waals surface area contributed by atoms with Gasteiger partial charge in [-0.1, -0.05) is 30.3 Å². The van der Waals surface area contributed by atoms with Crippen molar-refractivity contribution in [3.63, 3.8) is 0 Å². The summed E-state index contributed by atoms with van der Waals surface area (Å²) in [6, 6.07) is 17.8. The van der Waals surface area contributed by atoms with E-state index >= 15 is 0 Å². The Morgan fingerprint density at radius 3 is 2.27 bits per heavy atom. The highest BCUT2D eigenvalue weighted by Crippen LogP contribution is 2.42. The van der Waals surface area contributed by atoms with Crippen LogP contribution in [0.2, 0.25) is 0 Å². The lowest BCUT2D eigenvalue weighted by Gasteiger charge is -2.09. The van der Waals surface area contributed by atoms with E-state index in [4.69, 9.17) is 9.47 Å². The Morgan fingerprint density at radius 1 is 0.923 bits per heavy atom. The van der Waals surface area contributed by atoms with Crippen LogP contribution in [0.4, 0.5) is 0 Å². The molecule has 4 nitrogen and oxygen atoms in total. The molecular formula is C22H19NO3. The molecule has 0 unspecified atom stereocenters. The van der Waals surface area contributed by atoms with Crippen LogP contribution in [-0.4, -0.2) is 24.8 Å². The van der Waals surface area contributed by atoms with Crippen molar-refractivity contribution in [2.45, 2.75) is 6.92 Å². The number of hydrogen-bond acceptors (Lipinski definition) is 3. The Labute approximate surface area is 151 Å². The van der Waals surface area contributed by atoms with Gasteiger partial charge in [-0.15, -0.1) is 0 Å². The van der Waals surface area contributed by atoms with Crippen molar-refractivity contribution < 1.29 is 14.3 Å². The van der Waals surface area contributed by atoms with Crippen LogP contribution in [0.25, 0.3) is 27.6 Å². The van der Waals surface area contributed by atoms with E-state index in [0.717, 1.165) is 39.0 Å². The minimum absolute atomic E-state index is 0.317. The SMILES string of the molecule is COC(=O)c1c2cccccc-2c2c(C)n(-c3ccc(OC)cc3)cc12. The van der Waals surface area contributed by atoms with Crippen molar-refractivity contribution in [2.24, 2.45) is 0 Å². The largest absolute Gasteiger partial charge is 0.497 e. The maximum Gasteiger partial charge on any atom is 0.339 e. The van der Waals surface area contributed by atoms with Gasteiger partial charge in [0.15, 0.2) is 0 Å². The third-order valence-electron chi connectivity index (χ3n) is 4.84. The lowest BCUT2D eigenvalue weighted by atomic mass is 10.1. The number of nitrogens with zero attached hydrogens (tertiary/aromatic N) is 1. The number of methoxy groups -OCH3 is 2. The number of carbonyl (C=O) groups excluding carboxylic acids is 1. The number of aromatic nitrogens is 1. The van der Waals surface area contributed by atoms with Gasteiger partial charge >= 0.3 is 5.97 Å². The molecule has 0 fully saturated rings. The highest BCUT2D eigenvalue weighted by Gasteiger charge is 2.26. The van der Waals surface area contributed by atoms with Crippen molar-refractivity contribution >= 4 is 16.7 Å². The number of esters is 1. The Kier molecular flexibility index (Phi) is 3.88. The lowest BCUT2D eigenvalue weighted by Crippen LogP contribution is -2.01. The smallest absolute Gasteiger partial charge is 0.339 e. The molecule has 0 amide bonds. The van der Waals surface area contributed by atoms with E-state index in [1.807, 2.05) is 54.7 Å². The molecule has 0 aliphatic heterocycles. The van der Waals surface area contributed by atoms with Crippen LogP contribution in [0, 0.1) is 6.92 Å². The first-order valence-corrected chi connectivity index (χ1v) is 8.41. The normalized spacial score (nSPS) is 11.0. The number of carbonyl (C=O) groups is 1. The van der Waals surface area contributed by atoms with Crippen molar-refractivity contribution in [3.05, 3.63) is 72.1 Å². The van der Waals surface area contributed by atoms with Gasteiger partial charge in [0.1, 0.15) is 5.75 Å². The Bertz CT molecular complexity index is 1080. The molecule has 0 spiro atoms. The van der Waals surface area contributed by atoms with Crippen LogP contribution in [0.3, 0.4) is 0 Å². The van der Waals surface area contributed by atoms with Gasteiger partial charge < -0.3 is 14.0 Å². The summed E-state index contributed by atoms with van der Waals surface area (Å²) in [5.41, 5.74) is 4.68. The van der Waals surface area contributed by atoms with E-state index < -0.39 is 0 Å². The molecule has 1 heterocycles. The maximum absolute atomic E-state index is 12.5. The highest BCUT2D eigenvalue weighted by molar-refractivity contribution is 6.19. The van der Waals surface area contributed by atoms with Crippen LogP contribution >= 0.6 is 0 Å². The number of benzene rings is 1. The number of aryl methyl sites for hydroxylation is 1. The van der Waals surface area contributed by atoms with Gasteiger partial charge in [0.2, 0.25) is 0 Å². The summed E-state index contributed by atoms with van der Waals surface area (Å²) in [6.07, 6.45) is 2.01. The average Bonchev–Trinajstić information content (AvgIpc) is 3.04. The summed E-state index contributed by atoms with van der Waals surface area (Å²) in [4.78, 5) is 12.5. The number of ether oxygens (including phenoxy) is 2. The average molecular weight is 345 g/mol. The molecule has 26 heavy (non-hydrogen) atoms. The van der Waals surface area contributed by atoms with Crippen LogP contribution in [-0.2, 0) is 4.74 Å². The Hall–Kier alpha value is -3.27. The fourth-order valence-corrected chi connectivity index (χ4v) is 3.60. The Balaban J connectivity index is 2.03. The maximum atomic E-state index is 12.5. The summed E-state index contributed by atoms with van der Waals surface area (Å²) in [5, 5.41) is 1.98. The van der Waals surface area contributed by atoms with Crippen molar-refractivity contribution in [1.82, 2.24) is 4.57 Å². The second-order valence-electron chi connectivity index (χ2n) is 6.18. The molecule has 2 aliphatic rings. The third-order valence-corrected chi connectivity index (χ3v) is 4.84. The Morgan fingerprint density at radius 2 is 1.62 bits per heavy atom. The second kappa shape index (κ2) is 6.23. The molecular weight excluding hydrogens is 326 g/mol. The third kappa shape index (κ3) is 2.34. The molecule has 0 N–H and O–H groups in total. The molecule has 4 rings (SSSR count). The molecule has 0 bridgehead atoms. The first-order chi connectivity index (χ1) is 12.7. The predicted octanol–water partition coefficient (Wildman–Crippen LogP) is 4.84. The molecule has 4 heteroatoms. The van der Waals surface area contributed by atoms with E-state index in [1.165, 1.54) is 7.11 Å². The zero-order chi connectivity index (χ0) is 18.3. The fraction of sp³-hybridized carbons (Fsp3) is 0.136. The minimum atomic E-state index is -0.317. The molecule has 2 aliphatic carbocycles. The zero-order valence-electron chi connectivity index (χ0n) is 14.9. The molecule has 0 radical (unpaired) electrons. The summed E-state index contributed by atoms with van der Waals surface area (Å²) in [7, 11) is 3.07. The number of hydrogen-bond donors (Lipinski definition) is 0. The topological polar surface area (TPSA) is 40.5 Å². The predicted molar refractivity (Wildman–Crippen MR) is 103 cm³/mol. The van der Waals surface area contributed by atoms with E-state index in [2.05, 4.69) is 17.6 Å². The number of rotatable bonds is 3. The van der Waals surface area contributed by atoms with Crippen LogP contribution in [0.1, 0.15) is 16.1 Å². The van der Waals surface area contributed by atoms with Gasteiger partial charge in [-0.05, 0) is 42.3 Å². The zero-order valence-corrected chi connectivity index (χ0v) is 14.9. The highest BCUT2D eigenvalue weighted by atomic mass is 16.5. The summed E-state index contributed by atoms with van der Waals surface area (Å²) >= 11 is 0. The van der Waals surface area contributed by atoms with Gasteiger partial charge in [0.05, 0.1) is 19.8 Å². The molecule has 0 saturated heterocycles. The van der Waals surface area contributed by atoms with Gasteiger partial charge in [0.25, 0.3) is 0 Å². The molecule has 2 aromatic rings. The van der Waals surface area contributed by atoms with Crippen LogP contribution in [0.5, 0.6) is 5.75 Å². The van der Waals surface area contributed by atoms with Gasteiger partial charge in [-0.3, -0.25) is 0 Å². The van der Waals surface area contributed by atoms with Gasteiger partial charge in [0, 0.05) is 28.4 Å². The first kappa shape index (κ1) is 16.2. The second-order valence-corrected chi connectivity index (χ2v) is 6.18. The van der Waals surface area contributed by atoms with Crippen LogP contribution in [0.15, 0.2) is 60.8 Å². The summed E-state index contributed by atoms with van der Waals surface area (Å²) in [6.45, 7) is 2.07. The first-order valence-electron chi connectivity index (χ1n) is 8.41. The van der Waals surface area contributed by atoms with Crippen molar-refractivity contribution in [3.8, 4) is 22.6 Å². The molecule has 0 atom stereocenters. The fourth-order valence-electron chi connectivity index (χ4n) is 3.60. The van der Waals surface area contributed by atoms with Gasteiger partial charge in [-0.25, -0.2) is 4.79 Å². The molecule has 0 saturated carbocycles. The van der Waals surface area contributed by atoms with E-state index in [0.29, 0.717) is 5.56 Å². The minimum Gasteiger partial charge on any atom is -0.497 e. The molecule has 130 valence electrons. The van der Waals surface area contributed by atoms with Gasteiger partial charge in [-0.2, -0.15) is 0 Å². The van der Waals surface area contributed by atoms with E-state index in [1.54, 1.807) is 7.11 Å². The van der Waals surface area contributed by atoms with Crippen molar-refractivity contribution in [2.75, 3.05) is 14.2 Å². The summed E-state index contributed by atoms with van der Waals surface area (Å²) < 4.78 is 12.4. The lowest BCUT2D eigenvalue weighted by molar-refractivity contribution is 0.0604. The summed E-state index contributed by atoms with van der Waals surface area (Å²) in [5.74, 6) is 0.494. The van der Waals surface area contributed by atoms with E-state index in [-0.39, 0.29) is 5.97 Å². The molecule has 1 aromatic heterocycles.